The van der Waals surface area contributed by atoms with E-state index in [4.69, 9.17) is 9.47 Å². The molecule has 1 atom stereocenters. The first-order chi connectivity index (χ1) is 10.7. The van der Waals surface area contributed by atoms with E-state index in [9.17, 15) is 9.18 Å². The monoisotopic (exact) mass is 308 g/mol. The molecule has 2 aliphatic rings. The first kappa shape index (κ1) is 15.2. The van der Waals surface area contributed by atoms with Crippen LogP contribution in [0.1, 0.15) is 18.4 Å². The maximum atomic E-state index is 14.2. The summed E-state index contributed by atoms with van der Waals surface area (Å²) >= 11 is 0. The third-order valence-corrected chi connectivity index (χ3v) is 4.05. The number of rotatable bonds is 4. The summed E-state index contributed by atoms with van der Waals surface area (Å²) in [5, 5.41) is 2.80. The number of anilines is 1. The molecule has 2 aliphatic heterocycles. The Hall–Kier alpha value is -1.66. The van der Waals surface area contributed by atoms with E-state index in [0.29, 0.717) is 45.1 Å². The quantitative estimate of drug-likeness (QED) is 0.915. The molecule has 0 unspecified atom stereocenters. The lowest BCUT2D eigenvalue weighted by Crippen LogP contribution is -2.36. The van der Waals surface area contributed by atoms with Gasteiger partial charge in [-0.15, -0.1) is 0 Å². The van der Waals surface area contributed by atoms with Crippen LogP contribution in [0, 0.1) is 5.82 Å². The fourth-order valence-corrected chi connectivity index (χ4v) is 2.81. The maximum Gasteiger partial charge on any atom is 0.249 e. The van der Waals surface area contributed by atoms with Crippen LogP contribution in [0.15, 0.2) is 18.2 Å². The second-order valence-corrected chi connectivity index (χ2v) is 5.60. The molecule has 0 spiro atoms. The molecule has 1 aromatic carbocycles. The Morgan fingerprint density at radius 1 is 1.32 bits per heavy atom. The van der Waals surface area contributed by atoms with E-state index in [1.54, 1.807) is 6.07 Å². The van der Waals surface area contributed by atoms with Crippen molar-refractivity contribution in [1.82, 2.24) is 5.32 Å². The van der Waals surface area contributed by atoms with Crippen molar-refractivity contribution in [2.45, 2.75) is 25.5 Å². The zero-order valence-electron chi connectivity index (χ0n) is 12.5. The van der Waals surface area contributed by atoms with Crippen LogP contribution >= 0.6 is 0 Å². The highest BCUT2D eigenvalue weighted by Gasteiger charge is 2.23. The standard InChI is InChI=1S/C16H21FN2O3/c17-13-10-12(11-18-16(20)15-2-1-7-22-15)3-4-14(13)19-5-8-21-9-6-19/h3-4,10,15H,1-2,5-9,11H2,(H,18,20)/t15-/m0/s1. The average molecular weight is 308 g/mol. The van der Waals surface area contributed by atoms with Gasteiger partial charge in [0.1, 0.15) is 11.9 Å². The Morgan fingerprint density at radius 2 is 2.14 bits per heavy atom. The van der Waals surface area contributed by atoms with Gasteiger partial charge in [0.2, 0.25) is 5.91 Å². The molecule has 1 N–H and O–H groups in total. The summed E-state index contributed by atoms with van der Waals surface area (Å²) in [7, 11) is 0. The topological polar surface area (TPSA) is 50.8 Å². The highest BCUT2D eigenvalue weighted by atomic mass is 19.1. The summed E-state index contributed by atoms with van der Waals surface area (Å²) in [5.41, 5.74) is 1.35. The Morgan fingerprint density at radius 3 is 2.82 bits per heavy atom. The SMILES string of the molecule is O=C(NCc1ccc(N2CCOCC2)c(F)c1)[C@@H]1CCCO1. The number of carbonyl (C=O) groups is 1. The number of ether oxygens (including phenoxy) is 2. The molecule has 0 radical (unpaired) electrons. The number of nitrogens with one attached hydrogen (secondary N) is 1. The zero-order valence-corrected chi connectivity index (χ0v) is 12.5. The summed E-state index contributed by atoms with van der Waals surface area (Å²) in [5.74, 6) is -0.374. The van der Waals surface area contributed by atoms with Crippen molar-refractivity contribution in [3.05, 3.63) is 29.6 Å². The maximum absolute atomic E-state index is 14.2. The minimum absolute atomic E-state index is 0.116. The van der Waals surface area contributed by atoms with Crippen molar-refractivity contribution in [2.75, 3.05) is 37.8 Å². The van der Waals surface area contributed by atoms with Crippen molar-refractivity contribution in [2.24, 2.45) is 0 Å². The molecule has 120 valence electrons. The lowest BCUT2D eigenvalue weighted by Gasteiger charge is -2.29. The predicted octanol–water partition coefficient (Wildman–Crippen LogP) is 1.46. The zero-order chi connectivity index (χ0) is 15.4. The van der Waals surface area contributed by atoms with Crippen LogP contribution in [0.5, 0.6) is 0 Å². The van der Waals surface area contributed by atoms with Crippen molar-refractivity contribution < 1.29 is 18.7 Å². The van der Waals surface area contributed by atoms with Gasteiger partial charge in [0, 0.05) is 26.2 Å². The molecule has 2 fully saturated rings. The van der Waals surface area contributed by atoms with Crippen LogP contribution in [0.2, 0.25) is 0 Å². The van der Waals surface area contributed by atoms with Crippen LogP contribution in [0.4, 0.5) is 10.1 Å². The molecule has 6 heteroatoms. The molecule has 3 rings (SSSR count). The van der Waals surface area contributed by atoms with Crippen LogP contribution < -0.4 is 10.2 Å². The Labute approximate surface area is 129 Å². The lowest BCUT2D eigenvalue weighted by atomic mass is 10.1. The highest BCUT2D eigenvalue weighted by Crippen LogP contribution is 2.21. The lowest BCUT2D eigenvalue weighted by molar-refractivity contribution is -0.130. The van der Waals surface area contributed by atoms with E-state index in [1.165, 1.54) is 6.07 Å². The Kier molecular flexibility index (Phi) is 4.90. The number of benzene rings is 1. The molecule has 0 aromatic heterocycles. The molecule has 2 saturated heterocycles. The van der Waals surface area contributed by atoms with Crippen LogP contribution in [0.3, 0.4) is 0 Å². The summed E-state index contributed by atoms with van der Waals surface area (Å²) in [4.78, 5) is 13.8. The van der Waals surface area contributed by atoms with Crippen molar-refractivity contribution >= 4 is 11.6 Å². The summed E-state index contributed by atoms with van der Waals surface area (Å²) in [6.45, 7) is 3.61. The van der Waals surface area contributed by atoms with Crippen LogP contribution in [0.25, 0.3) is 0 Å². The van der Waals surface area contributed by atoms with E-state index in [2.05, 4.69) is 5.32 Å². The van der Waals surface area contributed by atoms with Crippen LogP contribution in [-0.4, -0.2) is 44.9 Å². The van der Waals surface area contributed by atoms with Gasteiger partial charge in [0.15, 0.2) is 0 Å². The first-order valence-electron chi connectivity index (χ1n) is 7.74. The smallest absolute Gasteiger partial charge is 0.249 e. The average Bonchev–Trinajstić information content (AvgIpc) is 3.08. The summed E-state index contributed by atoms with van der Waals surface area (Å²) in [6, 6.07) is 5.11. The van der Waals surface area contributed by atoms with E-state index in [0.717, 1.165) is 18.4 Å². The molecule has 1 amide bonds. The molecule has 1 aromatic rings. The first-order valence-corrected chi connectivity index (χ1v) is 7.74. The number of nitrogens with zero attached hydrogens (tertiary/aromatic N) is 1. The highest BCUT2D eigenvalue weighted by molar-refractivity contribution is 5.80. The number of hydrogen-bond donors (Lipinski definition) is 1. The van der Waals surface area contributed by atoms with Crippen molar-refractivity contribution in [1.29, 1.82) is 0 Å². The van der Waals surface area contributed by atoms with Gasteiger partial charge in [0.25, 0.3) is 0 Å². The van der Waals surface area contributed by atoms with Gasteiger partial charge < -0.3 is 19.7 Å². The van der Waals surface area contributed by atoms with Gasteiger partial charge in [-0.25, -0.2) is 4.39 Å². The second kappa shape index (κ2) is 7.07. The number of carbonyl (C=O) groups excluding carboxylic acids is 1. The van der Waals surface area contributed by atoms with Crippen molar-refractivity contribution in [3.63, 3.8) is 0 Å². The fourth-order valence-electron chi connectivity index (χ4n) is 2.81. The summed E-state index contributed by atoms with van der Waals surface area (Å²) < 4.78 is 24.8. The molecule has 22 heavy (non-hydrogen) atoms. The van der Waals surface area contributed by atoms with Gasteiger partial charge in [-0.1, -0.05) is 6.07 Å². The molecular formula is C16H21FN2O3. The number of halogens is 1. The van der Waals surface area contributed by atoms with Gasteiger partial charge in [0.05, 0.1) is 18.9 Å². The van der Waals surface area contributed by atoms with Crippen LogP contribution in [-0.2, 0) is 20.8 Å². The third kappa shape index (κ3) is 3.56. The molecule has 0 bridgehead atoms. The number of morpholine rings is 1. The van der Waals surface area contributed by atoms with E-state index < -0.39 is 0 Å². The minimum atomic E-state index is -0.350. The molecule has 0 aliphatic carbocycles. The summed E-state index contributed by atoms with van der Waals surface area (Å²) in [6.07, 6.45) is 1.33. The normalized spacial score (nSPS) is 21.9. The van der Waals surface area contributed by atoms with Gasteiger partial charge >= 0.3 is 0 Å². The Bertz CT molecular complexity index is 526. The molecule has 5 nitrogen and oxygen atoms in total. The fraction of sp³-hybridized carbons (Fsp3) is 0.562. The predicted molar refractivity (Wildman–Crippen MR) is 80.3 cm³/mol. The van der Waals surface area contributed by atoms with E-state index >= 15 is 0 Å². The molecular weight excluding hydrogens is 287 g/mol. The van der Waals surface area contributed by atoms with Gasteiger partial charge in [-0.05, 0) is 30.5 Å². The number of hydrogen-bond acceptors (Lipinski definition) is 4. The Balaban J connectivity index is 1.58. The van der Waals surface area contributed by atoms with E-state index in [1.807, 2.05) is 11.0 Å². The second-order valence-electron chi connectivity index (χ2n) is 5.60. The van der Waals surface area contributed by atoms with Gasteiger partial charge in [-0.3, -0.25) is 4.79 Å². The van der Waals surface area contributed by atoms with Gasteiger partial charge in [-0.2, -0.15) is 0 Å². The van der Waals surface area contributed by atoms with E-state index in [-0.39, 0.29) is 17.8 Å². The molecule has 2 heterocycles. The number of amides is 1. The minimum Gasteiger partial charge on any atom is -0.378 e. The van der Waals surface area contributed by atoms with Crippen molar-refractivity contribution in [3.8, 4) is 0 Å². The third-order valence-electron chi connectivity index (χ3n) is 4.05. The molecule has 0 saturated carbocycles. The largest absolute Gasteiger partial charge is 0.378 e.